The monoisotopic (exact) mass is 525 g/mol. The number of benzene rings is 1. The Bertz CT molecular complexity index is 1260. The van der Waals surface area contributed by atoms with Gasteiger partial charge in [-0.15, -0.1) is 17.9 Å². The van der Waals surface area contributed by atoms with E-state index in [0.717, 1.165) is 15.3 Å². The smallest absolute Gasteiger partial charge is 0.280 e. The van der Waals surface area contributed by atoms with E-state index in [0.29, 0.717) is 12.1 Å². The van der Waals surface area contributed by atoms with E-state index in [-0.39, 0.29) is 30.9 Å². The highest BCUT2D eigenvalue weighted by molar-refractivity contribution is 7.87. The molecule has 0 bridgehead atoms. The van der Waals surface area contributed by atoms with Crippen molar-refractivity contribution in [1.29, 1.82) is 0 Å². The highest BCUT2D eigenvalue weighted by Gasteiger charge is 2.39. The van der Waals surface area contributed by atoms with Crippen molar-refractivity contribution in [3.8, 4) is 10.4 Å². The summed E-state index contributed by atoms with van der Waals surface area (Å²) in [5.74, 6) is -0.501. The average Bonchev–Trinajstić information content (AvgIpc) is 3.44. The average molecular weight is 526 g/mol. The van der Waals surface area contributed by atoms with E-state index in [1.165, 1.54) is 27.8 Å². The Hall–Kier alpha value is -2.28. The van der Waals surface area contributed by atoms with Crippen LogP contribution in [0.4, 0.5) is 10.1 Å². The van der Waals surface area contributed by atoms with E-state index in [1.54, 1.807) is 23.0 Å². The quantitative estimate of drug-likeness (QED) is 0.249. The summed E-state index contributed by atoms with van der Waals surface area (Å²) in [7, 11) is -1.89. The number of halogens is 2. The highest BCUT2D eigenvalue weighted by atomic mass is 35.5. The van der Waals surface area contributed by atoms with Gasteiger partial charge < -0.3 is 10.1 Å². The maximum atomic E-state index is 13.3. The summed E-state index contributed by atoms with van der Waals surface area (Å²) in [6.07, 6.45) is 5.79. The van der Waals surface area contributed by atoms with Gasteiger partial charge in [0.15, 0.2) is 0 Å². The maximum Gasteiger partial charge on any atom is 0.280 e. The minimum absolute atomic E-state index is 0.0102. The zero-order valence-corrected chi connectivity index (χ0v) is 20.8. The lowest BCUT2D eigenvalue weighted by atomic mass is 10.1. The van der Waals surface area contributed by atoms with Gasteiger partial charge in [0.25, 0.3) is 10.2 Å². The van der Waals surface area contributed by atoms with Crippen molar-refractivity contribution in [1.82, 2.24) is 18.8 Å². The predicted molar refractivity (Wildman–Crippen MR) is 132 cm³/mol. The maximum absolute atomic E-state index is 13.3. The van der Waals surface area contributed by atoms with Crippen molar-refractivity contribution < 1.29 is 17.5 Å². The van der Waals surface area contributed by atoms with Crippen molar-refractivity contribution in [2.75, 3.05) is 25.2 Å². The van der Waals surface area contributed by atoms with E-state index in [1.807, 2.05) is 25.4 Å². The first-order valence-corrected chi connectivity index (χ1v) is 13.2. The fourth-order valence-electron chi connectivity index (χ4n) is 3.76. The van der Waals surface area contributed by atoms with E-state index in [9.17, 15) is 12.8 Å². The fourth-order valence-corrected chi connectivity index (χ4v) is 6.62. The standard InChI is InChI=1S/C22H25ClFN5O3S2/c1-3-8-29-17(13-32-14-25-16-4-5-19(24)18(23)9-16)10-20(27-34(29,30)31)22-7-6-21(33-22)15-11-26-28(2)12-15/h3-7,9,11-12,17,20,25,27H,1,8,10,13-14H2,2H3. The van der Waals surface area contributed by atoms with Crippen LogP contribution < -0.4 is 10.0 Å². The molecule has 3 aromatic rings. The van der Waals surface area contributed by atoms with Gasteiger partial charge in [-0.2, -0.15) is 22.5 Å². The summed E-state index contributed by atoms with van der Waals surface area (Å²) in [4.78, 5) is 1.94. The van der Waals surface area contributed by atoms with Crippen LogP contribution >= 0.6 is 22.9 Å². The van der Waals surface area contributed by atoms with Crippen LogP contribution in [0.5, 0.6) is 0 Å². The molecule has 182 valence electrons. The molecular formula is C22H25ClFN5O3S2. The van der Waals surface area contributed by atoms with Crippen LogP contribution in [0.25, 0.3) is 10.4 Å². The molecule has 34 heavy (non-hydrogen) atoms. The number of anilines is 1. The summed E-state index contributed by atoms with van der Waals surface area (Å²) in [6.45, 7) is 4.14. The van der Waals surface area contributed by atoms with Crippen LogP contribution in [0.2, 0.25) is 5.02 Å². The van der Waals surface area contributed by atoms with Crippen molar-refractivity contribution in [3.63, 3.8) is 0 Å². The zero-order valence-electron chi connectivity index (χ0n) is 18.4. The van der Waals surface area contributed by atoms with Crippen molar-refractivity contribution in [2.24, 2.45) is 7.05 Å². The summed E-state index contributed by atoms with van der Waals surface area (Å²) in [5.41, 5.74) is 1.59. The van der Waals surface area contributed by atoms with Crippen molar-refractivity contribution >= 4 is 38.8 Å². The molecule has 1 aromatic carbocycles. The SMILES string of the molecule is C=CCN1C(COCNc2ccc(F)c(Cl)c2)CC(c2ccc(-c3cnn(C)c3)s2)NS1(=O)=O. The molecule has 2 atom stereocenters. The third-order valence-corrected chi connectivity index (χ3v) is 8.58. The van der Waals surface area contributed by atoms with Gasteiger partial charge in [0.2, 0.25) is 0 Å². The Morgan fingerprint density at radius 2 is 2.24 bits per heavy atom. The number of thiophene rings is 1. The number of aromatic nitrogens is 2. The molecule has 1 saturated heterocycles. The van der Waals surface area contributed by atoms with Crippen LogP contribution in [-0.4, -0.2) is 48.4 Å². The van der Waals surface area contributed by atoms with Crippen LogP contribution in [-0.2, 0) is 22.0 Å². The molecule has 1 aliphatic rings. The summed E-state index contributed by atoms with van der Waals surface area (Å²) in [6, 6.07) is 7.44. The first kappa shape index (κ1) is 24.8. The van der Waals surface area contributed by atoms with Gasteiger partial charge in [-0.3, -0.25) is 4.68 Å². The Balaban J connectivity index is 1.44. The zero-order chi connectivity index (χ0) is 24.3. The first-order chi connectivity index (χ1) is 16.3. The second-order valence-electron chi connectivity index (χ2n) is 7.85. The third kappa shape index (κ3) is 5.68. The molecule has 1 aliphatic heterocycles. The number of hydrogen-bond donors (Lipinski definition) is 2. The van der Waals surface area contributed by atoms with Crippen molar-refractivity contribution in [2.45, 2.75) is 18.5 Å². The summed E-state index contributed by atoms with van der Waals surface area (Å²) in [5, 5.41) is 7.21. The topological polar surface area (TPSA) is 88.5 Å². The number of nitrogens with zero attached hydrogens (tertiary/aromatic N) is 3. The molecule has 12 heteroatoms. The normalized spacial score (nSPS) is 20.3. The minimum atomic E-state index is -3.74. The van der Waals surface area contributed by atoms with Gasteiger partial charge in [0.1, 0.15) is 12.5 Å². The molecule has 0 saturated carbocycles. The molecule has 2 aromatic heterocycles. The lowest BCUT2D eigenvalue weighted by molar-refractivity contribution is 0.0903. The fraction of sp³-hybridized carbons (Fsp3) is 0.318. The molecule has 2 unspecified atom stereocenters. The van der Waals surface area contributed by atoms with Gasteiger partial charge in [0, 0.05) is 40.8 Å². The van der Waals surface area contributed by atoms with E-state index in [4.69, 9.17) is 16.3 Å². The predicted octanol–water partition coefficient (Wildman–Crippen LogP) is 4.16. The third-order valence-electron chi connectivity index (χ3n) is 5.39. The van der Waals surface area contributed by atoms with E-state index < -0.39 is 22.1 Å². The van der Waals surface area contributed by atoms with Gasteiger partial charge >= 0.3 is 0 Å². The molecule has 0 radical (unpaired) electrons. The molecule has 3 heterocycles. The van der Waals surface area contributed by atoms with E-state index in [2.05, 4.69) is 21.7 Å². The molecule has 1 fully saturated rings. The van der Waals surface area contributed by atoms with Crippen LogP contribution in [0.15, 0.2) is 55.4 Å². The Morgan fingerprint density at radius 1 is 1.41 bits per heavy atom. The molecule has 4 rings (SSSR count). The molecular weight excluding hydrogens is 501 g/mol. The van der Waals surface area contributed by atoms with Crippen LogP contribution in [0, 0.1) is 5.82 Å². The Morgan fingerprint density at radius 3 is 2.94 bits per heavy atom. The summed E-state index contributed by atoms with van der Waals surface area (Å²) < 4.78 is 51.0. The molecule has 0 aliphatic carbocycles. The Kier molecular flexibility index (Phi) is 7.70. The lowest BCUT2D eigenvalue weighted by Crippen LogP contribution is -2.55. The van der Waals surface area contributed by atoms with Crippen LogP contribution in [0.1, 0.15) is 17.3 Å². The van der Waals surface area contributed by atoms with Crippen molar-refractivity contribution in [3.05, 3.63) is 71.1 Å². The number of aryl methyl sites for hydroxylation is 1. The molecule has 0 amide bonds. The summed E-state index contributed by atoms with van der Waals surface area (Å²) >= 11 is 7.34. The lowest BCUT2D eigenvalue weighted by Gasteiger charge is -2.38. The Labute approximate surface area is 207 Å². The largest absolute Gasteiger partial charge is 0.363 e. The number of nitrogens with one attached hydrogen (secondary N) is 2. The number of ether oxygens (including phenoxy) is 1. The molecule has 0 spiro atoms. The van der Waals surface area contributed by atoms with Gasteiger partial charge in [-0.25, -0.2) is 4.39 Å². The number of hydrogen-bond acceptors (Lipinski definition) is 6. The second kappa shape index (κ2) is 10.5. The molecule has 2 N–H and O–H groups in total. The second-order valence-corrected chi connectivity index (χ2v) is 11.0. The minimum Gasteiger partial charge on any atom is -0.363 e. The van der Waals surface area contributed by atoms with Gasteiger partial charge in [0.05, 0.1) is 29.9 Å². The van der Waals surface area contributed by atoms with Crippen LogP contribution in [0.3, 0.4) is 0 Å². The molecule has 8 nitrogen and oxygen atoms in total. The first-order valence-electron chi connectivity index (χ1n) is 10.5. The van der Waals surface area contributed by atoms with Gasteiger partial charge in [-0.1, -0.05) is 17.7 Å². The van der Waals surface area contributed by atoms with Gasteiger partial charge in [-0.05, 0) is 36.8 Å². The highest BCUT2D eigenvalue weighted by Crippen LogP contribution is 2.36. The van der Waals surface area contributed by atoms with E-state index >= 15 is 0 Å². The number of rotatable bonds is 9.